The highest BCUT2D eigenvalue weighted by Crippen LogP contribution is 2.12. The number of nitrogens with zero attached hydrogens (tertiary/aromatic N) is 2. The molecular formula is C13H24N4O2. The van der Waals surface area contributed by atoms with Gasteiger partial charge in [-0.15, -0.1) is 0 Å². The molecule has 1 atom stereocenters. The van der Waals surface area contributed by atoms with E-state index >= 15 is 0 Å². The number of rotatable bonds is 9. The van der Waals surface area contributed by atoms with Gasteiger partial charge in [-0.3, -0.25) is 0 Å². The van der Waals surface area contributed by atoms with Crippen molar-refractivity contribution in [2.75, 3.05) is 37.4 Å². The quantitative estimate of drug-likeness (QED) is 0.713. The van der Waals surface area contributed by atoms with E-state index in [0.717, 1.165) is 18.2 Å². The van der Waals surface area contributed by atoms with Gasteiger partial charge in [0.1, 0.15) is 18.2 Å². The highest BCUT2D eigenvalue weighted by atomic mass is 16.5. The molecule has 1 aromatic heterocycles. The largest absolute Gasteiger partial charge is 0.380 e. The Morgan fingerprint density at radius 1 is 1.21 bits per heavy atom. The van der Waals surface area contributed by atoms with E-state index in [1.165, 1.54) is 0 Å². The number of hydrogen-bond donors (Lipinski definition) is 2. The third kappa shape index (κ3) is 5.85. The van der Waals surface area contributed by atoms with Crippen molar-refractivity contribution in [3.05, 3.63) is 11.9 Å². The van der Waals surface area contributed by atoms with E-state index in [2.05, 4.69) is 20.6 Å². The van der Waals surface area contributed by atoms with Gasteiger partial charge in [0.2, 0.25) is 0 Å². The number of hydrogen-bond acceptors (Lipinski definition) is 6. The maximum Gasteiger partial charge on any atom is 0.158 e. The van der Waals surface area contributed by atoms with Crippen LogP contribution in [0.1, 0.15) is 26.6 Å². The molecular weight excluding hydrogens is 244 g/mol. The zero-order chi connectivity index (χ0) is 14.1. The van der Waals surface area contributed by atoms with Crippen LogP contribution < -0.4 is 10.6 Å². The molecule has 108 valence electrons. The zero-order valence-corrected chi connectivity index (χ0v) is 12.2. The molecule has 1 unspecified atom stereocenters. The van der Waals surface area contributed by atoms with Gasteiger partial charge in [-0.25, -0.2) is 9.97 Å². The Morgan fingerprint density at radius 2 is 1.89 bits per heavy atom. The van der Waals surface area contributed by atoms with Crippen LogP contribution in [0.5, 0.6) is 0 Å². The van der Waals surface area contributed by atoms with E-state index in [-0.39, 0.29) is 6.10 Å². The third-order valence-electron chi connectivity index (χ3n) is 2.54. The molecule has 0 spiro atoms. The second kappa shape index (κ2) is 8.66. The lowest BCUT2D eigenvalue weighted by Crippen LogP contribution is -2.19. The Bertz CT molecular complexity index is 374. The van der Waals surface area contributed by atoms with E-state index < -0.39 is 0 Å². The van der Waals surface area contributed by atoms with Gasteiger partial charge in [-0.2, -0.15) is 0 Å². The summed E-state index contributed by atoms with van der Waals surface area (Å²) in [5, 5.41) is 6.43. The van der Waals surface area contributed by atoms with Crippen molar-refractivity contribution in [3.8, 4) is 0 Å². The van der Waals surface area contributed by atoms with Gasteiger partial charge in [-0.05, 0) is 20.8 Å². The van der Waals surface area contributed by atoms with Gasteiger partial charge in [0, 0.05) is 32.9 Å². The van der Waals surface area contributed by atoms with Crippen molar-refractivity contribution < 1.29 is 9.47 Å². The van der Waals surface area contributed by atoms with Crippen molar-refractivity contribution in [2.24, 2.45) is 0 Å². The maximum absolute atomic E-state index is 5.35. The topological polar surface area (TPSA) is 68.3 Å². The first-order chi connectivity index (χ1) is 9.19. The summed E-state index contributed by atoms with van der Waals surface area (Å²) in [6, 6.07) is 1.89. The van der Waals surface area contributed by atoms with Crippen molar-refractivity contribution >= 4 is 11.6 Å². The molecule has 0 aromatic carbocycles. The van der Waals surface area contributed by atoms with Crippen LogP contribution in [-0.2, 0) is 16.1 Å². The molecule has 0 bridgehead atoms. The summed E-state index contributed by atoms with van der Waals surface area (Å²) < 4.78 is 10.5. The number of methoxy groups -OCH3 is 1. The molecule has 6 heteroatoms. The van der Waals surface area contributed by atoms with Crippen LogP contribution in [0.4, 0.5) is 11.6 Å². The minimum absolute atomic E-state index is 0.132. The molecule has 0 aliphatic carbocycles. The van der Waals surface area contributed by atoms with E-state index in [1.54, 1.807) is 7.11 Å². The summed E-state index contributed by atoms with van der Waals surface area (Å²) in [6.07, 6.45) is 0.132. The van der Waals surface area contributed by atoms with Crippen molar-refractivity contribution in [3.63, 3.8) is 0 Å². The molecule has 6 nitrogen and oxygen atoms in total. The van der Waals surface area contributed by atoms with Gasteiger partial charge in [0.25, 0.3) is 0 Å². The van der Waals surface area contributed by atoms with Crippen LogP contribution in [0, 0.1) is 0 Å². The molecule has 1 aromatic rings. The van der Waals surface area contributed by atoms with Crippen molar-refractivity contribution in [1.29, 1.82) is 0 Å². The molecule has 1 rings (SSSR count). The first-order valence-electron chi connectivity index (χ1n) is 6.65. The van der Waals surface area contributed by atoms with E-state index in [9.17, 15) is 0 Å². The maximum atomic E-state index is 5.35. The first kappa shape index (κ1) is 15.7. The fourth-order valence-corrected chi connectivity index (χ4v) is 1.45. The minimum atomic E-state index is 0.132. The van der Waals surface area contributed by atoms with E-state index in [1.807, 2.05) is 26.8 Å². The van der Waals surface area contributed by atoms with Crippen LogP contribution in [0.2, 0.25) is 0 Å². The standard InChI is InChI=1S/C13H24N4O2/c1-5-14-11-7-12(15-8-10(3)18-4)17-13(16-11)9-19-6-2/h7,10H,5-6,8-9H2,1-4H3,(H2,14,15,16,17). The molecule has 0 radical (unpaired) electrons. The van der Waals surface area contributed by atoms with Crippen LogP contribution in [0.3, 0.4) is 0 Å². The number of anilines is 2. The lowest BCUT2D eigenvalue weighted by Gasteiger charge is -2.13. The molecule has 1 heterocycles. The molecule has 0 fully saturated rings. The lowest BCUT2D eigenvalue weighted by atomic mass is 10.4. The molecule has 0 aliphatic rings. The fraction of sp³-hybridized carbons (Fsp3) is 0.692. The SMILES string of the molecule is CCNc1cc(NCC(C)OC)nc(COCC)n1. The summed E-state index contributed by atoms with van der Waals surface area (Å²) in [5.74, 6) is 2.26. The normalized spacial score (nSPS) is 12.2. The Balaban J connectivity index is 2.73. The Kier molecular flexibility index (Phi) is 7.14. The summed E-state index contributed by atoms with van der Waals surface area (Å²) in [5.41, 5.74) is 0. The molecule has 0 saturated carbocycles. The highest BCUT2D eigenvalue weighted by Gasteiger charge is 2.06. The average molecular weight is 268 g/mol. The smallest absolute Gasteiger partial charge is 0.158 e. The Labute approximate surface area is 114 Å². The predicted molar refractivity (Wildman–Crippen MR) is 76.5 cm³/mol. The molecule has 0 aliphatic heterocycles. The van der Waals surface area contributed by atoms with Gasteiger partial charge in [-0.1, -0.05) is 0 Å². The van der Waals surface area contributed by atoms with Crippen LogP contribution >= 0.6 is 0 Å². The summed E-state index contributed by atoms with van der Waals surface area (Å²) in [7, 11) is 1.69. The van der Waals surface area contributed by atoms with Gasteiger partial charge in [0.05, 0.1) is 6.10 Å². The summed E-state index contributed by atoms with van der Waals surface area (Å²) >= 11 is 0. The first-order valence-corrected chi connectivity index (χ1v) is 6.65. The lowest BCUT2D eigenvalue weighted by molar-refractivity contribution is 0.127. The summed E-state index contributed by atoms with van der Waals surface area (Å²) in [6.45, 7) is 8.58. The third-order valence-corrected chi connectivity index (χ3v) is 2.54. The van der Waals surface area contributed by atoms with Crippen LogP contribution in [0.25, 0.3) is 0 Å². The van der Waals surface area contributed by atoms with E-state index in [0.29, 0.717) is 25.6 Å². The molecule has 2 N–H and O–H groups in total. The Morgan fingerprint density at radius 3 is 2.47 bits per heavy atom. The van der Waals surface area contributed by atoms with Gasteiger partial charge in [0.15, 0.2) is 5.82 Å². The van der Waals surface area contributed by atoms with Crippen molar-refractivity contribution in [1.82, 2.24) is 9.97 Å². The van der Waals surface area contributed by atoms with Crippen LogP contribution in [-0.4, -0.2) is 42.9 Å². The van der Waals surface area contributed by atoms with Crippen LogP contribution in [0.15, 0.2) is 6.07 Å². The minimum Gasteiger partial charge on any atom is -0.380 e. The Hall–Kier alpha value is -1.40. The highest BCUT2D eigenvalue weighted by molar-refractivity contribution is 5.47. The molecule has 19 heavy (non-hydrogen) atoms. The average Bonchev–Trinajstić information content (AvgIpc) is 2.42. The van der Waals surface area contributed by atoms with E-state index in [4.69, 9.17) is 9.47 Å². The second-order valence-electron chi connectivity index (χ2n) is 4.15. The number of nitrogens with one attached hydrogen (secondary N) is 2. The molecule has 0 saturated heterocycles. The molecule has 0 amide bonds. The number of aromatic nitrogens is 2. The summed E-state index contributed by atoms with van der Waals surface area (Å²) in [4.78, 5) is 8.81. The zero-order valence-electron chi connectivity index (χ0n) is 12.2. The fourth-order valence-electron chi connectivity index (χ4n) is 1.45. The second-order valence-corrected chi connectivity index (χ2v) is 4.15. The number of ether oxygens (including phenoxy) is 2. The predicted octanol–water partition coefficient (Wildman–Crippen LogP) is 1.89. The van der Waals surface area contributed by atoms with Gasteiger partial charge >= 0.3 is 0 Å². The van der Waals surface area contributed by atoms with Crippen molar-refractivity contribution in [2.45, 2.75) is 33.5 Å². The van der Waals surface area contributed by atoms with Gasteiger partial charge < -0.3 is 20.1 Å². The monoisotopic (exact) mass is 268 g/mol.